The highest BCUT2D eigenvalue weighted by Crippen LogP contribution is 2.50. The van der Waals surface area contributed by atoms with E-state index in [0.29, 0.717) is 16.7 Å². The van der Waals surface area contributed by atoms with Crippen LogP contribution in [0.15, 0.2) is 22.9 Å². The minimum atomic E-state index is -0.685. The number of nitrogens with two attached hydrogens (primary N) is 1. The molecular weight excluding hydrogens is 228 g/mol. The van der Waals surface area contributed by atoms with Crippen molar-refractivity contribution in [3.63, 3.8) is 0 Å². The topological polar surface area (TPSA) is 44.5 Å². The Kier molecular flexibility index (Phi) is 1.95. The molecule has 1 atom stereocenters. The van der Waals surface area contributed by atoms with E-state index in [1.165, 1.54) is 11.1 Å². The molecule has 3 heterocycles. The van der Waals surface area contributed by atoms with E-state index in [0.717, 1.165) is 38.0 Å². The van der Waals surface area contributed by atoms with Crippen molar-refractivity contribution in [2.24, 2.45) is 11.7 Å². The van der Waals surface area contributed by atoms with Crippen molar-refractivity contribution in [3.05, 3.63) is 22.9 Å². The summed E-state index contributed by atoms with van der Waals surface area (Å²) in [5.74, 6) is -0.0280. The largest absolute Gasteiger partial charge is 0.397 e. The van der Waals surface area contributed by atoms with Crippen molar-refractivity contribution >= 4 is 0 Å². The summed E-state index contributed by atoms with van der Waals surface area (Å²) in [7, 11) is 2.14. The van der Waals surface area contributed by atoms with Gasteiger partial charge in [-0.1, -0.05) is 0 Å². The van der Waals surface area contributed by atoms with Gasteiger partial charge in [0, 0.05) is 6.42 Å². The third-order valence-corrected chi connectivity index (χ3v) is 4.70. The minimum Gasteiger partial charge on any atom is -0.397 e. The van der Waals surface area contributed by atoms with E-state index in [2.05, 4.69) is 20.0 Å². The predicted molar refractivity (Wildman–Crippen MR) is 66.9 cm³/mol. The van der Waals surface area contributed by atoms with Crippen LogP contribution in [-0.4, -0.2) is 36.7 Å². The molecule has 1 saturated carbocycles. The number of hydroxylamine groups is 3. The molecule has 4 fully saturated rings. The number of quaternary nitrogens is 1. The second-order valence-corrected chi connectivity index (χ2v) is 6.51. The molecule has 0 aromatic carbocycles. The van der Waals surface area contributed by atoms with Gasteiger partial charge in [0.05, 0.1) is 24.8 Å². The SMILES string of the molecule is CC1=C2CC(OC3CC3)(O[N+]3(C)CC2C3)C(N)=C1. The fourth-order valence-corrected chi connectivity index (χ4v) is 3.60. The quantitative estimate of drug-likeness (QED) is 0.753. The number of hydrogen-bond acceptors (Lipinski definition) is 3. The Labute approximate surface area is 108 Å². The first kappa shape index (κ1) is 11.0. The van der Waals surface area contributed by atoms with Crippen LogP contribution >= 0.6 is 0 Å². The van der Waals surface area contributed by atoms with Crippen molar-refractivity contribution in [2.45, 2.75) is 38.1 Å². The van der Waals surface area contributed by atoms with Crippen LogP contribution in [-0.2, 0) is 9.57 Å². The van der Waals surface area contributed by atoms with E-state index in [1.54, 1.807) is 0 Å². The number of nitrogens with zero attached hydrogens (tertiary/aromatic N) is 1. The first-order valence-electron chi connectivity index (χ1n) is 6.90. The second-order valence-electron chi connectivity index (χ2n) is 6.51. The minimum absolute atomic E-state index is 0.347. The third kappa shape index (κ3) is 1.43. The van der Waals surface area contributed by atoms with Gasteiger partial charge in [-0.3, -0.25) is 0 Å². The smallest absolute Gasteiger partial charge is 0.270 e. The normalized spacial score (nSPS) is 46.3. The Hall–Kier alpha value is -0.840. The molecular formula is C14H21N2O2+. The summed E-state index contributed by atoms with van der Waals surface area (Å²) in [5.41, 5.74) is 9.84. The van der Waals surface area contributed by atoms with Crippen LogP contribution in [0.4, 0.5) is 0 Å². The Morgan fingerprint density at radius 2 is 2.17 bits per heavy atom. The molecule has 0 radical (unpaired) electrons. The highest BCUT2D eigenvalue weighted by Gasteiger charge is 2.60. The summed E-state index contributed by atoms with van der Waals surface area (Å²) >= 11 is 0. The molecule has 0 spiro atoms. The van der Waals surface area contributed by atoms with Gasteiger partial charge in [-0.15, -0.1) is 0 Å². The Morgan fingerprint density at radius 1 is 1.44 bits per heavy atom. The molecule has 3 saturated heterocycles. The monoisotopic (exact) mass is 249 g/mol. The molecule has 3 aliphatic heterocycles. The van der Waals surface area contributed by atoms with Crippen LogP contribution < -0.4 is 5.73 Å². The standard InChI is InChI=1S/C14H21N2O2/c1-9-5-13(15)14(17-11-3-4-11)6-12(9)10-7-16(2,8-10)18-14/h5,10-11H,3-4,6-8,15H2,1-2H3/q+1. The van der Waals surface area contributed by atoms with E-state index >= 15 is 0 Å². The van der Waals surface area contributed by atoms with E-state index in [4.69, 9.17) is 15.3 Å². The lowest BCUT2D eigenvalue weighted by Gasteiger charge is -2.44. The molecule has 98 valence electrons. The highest BCUT2D eigenvalue weighted by molar-refractivity contribution is 5.38. The maximum Gasteiger partial charge on any atom is 0.270 e. The second kappa shape index (κ2) is 3.18. The third-order valence-electron chi connectivity index (χ3n) is 4.70. The fourth-order valence-electron chi connectivity index (χ4n) is 3.60. The van der Waals surface area contributed by atoms with Crippen LogP contribution in [0.1, 0.15) is 26.2 Å². The van der Waals surface area contributed by atoms with E-state index in [1.807, 2.05) is 0 Å². The Balaban J connectivity index is 1.78. The molecule has 18 heavy (non-hydrogen) atoms. The van der Waals surface area contributed by atoms with E-state index in [-0.39, 0.29) is 0 Å². The van der Waals surface area contributed by atoms with Crippen LogP contribution in [0.25, 0.3) is 0 Å². The van der Waals surface area contributed by atoms with Crippen molar-refractivity contribution in [3.8, 4) is 0 Å². The average Bonchev–Trinajstić information content (AvgIpc) is 3.04. The van der Waals surface area contributed by atoms with Gasteiger partial charge in [0.15, 0.2) is 0 Å². The molecule has 5 aliphatic rings. The van der Waals surface area contributed by atoms with Crippen molar-refractivity contribution in [1.82, 2.24) is 0 Å². The Morgan fingerprint density at radius 3 is 2.83 bits per heavy atom. The van der Waals surface area contributed by atoms with Gasteiger partial charge in [0.1, 0.15) is 13.1 Å². The molecule has 5 rings (SSSR count). The molecule has 4 bridgehead atoms. The van der Waals surface area contributed by atoms with Crippen molar-refractivity contribution in [2.75, 3.05) is 20.1 Å². The van der Waals surface area contributed by atoms with Crippen molar-refractivity contribution < 1.29 is 14.2 Å². The average molecular weight is 249 g/mol. The molecule has 1 unspecified atom stereocenters. The summed E-state index contributed by atoms with van der Waals surface area (Å²) in [6, 6.07) is 0. The van der Waals surface area contributed by atoms with Gasteiger partial charge in [-0.25, -0.2) is 0 Å². The summed E-state index contributed by atoms with van der Waals surface area (Å²) < 4.78 is 6.84. The van der Waals surface area contributed by atoms with Gasteiger partial charge in [0.2, 0.25) is 0 Å². The van der Waals surface area contributed by atoms with Gasteiger partial charge in [0.25, 0.3) is 5.79 Å². The van der Waals surface area contributed by atoms with Gasteiger partial charge in [-0.05, 0) is 37.0 Å². The number of hydrogen-bond donors (Lipinski definition) is 1. The highest BCUT2D eigenvalue weighted by atomic mass is 16.8. The number of rotatable bonds is 2. The number of ether oxygens (including phenoxy) is 1. The maximum absolute atomic E-state index is 6.32. The maximum atomic E-state index is 6.32. The zero-order valence-corrected chi connectivity index (χ0v) is 11.1. The van der Waals surface area contributed by atoms with Crippen molar-refractivity contribution in [1.29, 1.82) is 0 Å². The van der Waals surface area contributed by atoms with Gasteiger partial charge < -0.3 is 10.5 Å². The molecule has 2 N–H and O–H groups in total. The lowest BCUT2D eigenvalue weighted by atomic mass is 9.81. The van der Waals surface area contributed by atoms with Crippen LogP contribution in [0, 0.1) is 5.92 Å². The van der Waals surface area contributed by atoms with E-state index in [9.17, 15) is 0 Å². The Bertz CT molecular complexity index is 472. The lowest BCUT2D eigenvalue weighted by Crippen LogP contribution is -2.62. The van der Waals surface area contributed by atoms with Crippen LogP contribution in [0.2, 0.25) is 0 Å². The predicted octanol–water partition coefficient (Wildman–Crippen LogP) is 1.45. The zero-order valence-electron chi connectivity index (χ0n) is 11.1. The summed E-state index contributed by atoms with van der Waals surface area (Å²) in [5, 5.41) is 0. The fraction of sp³-hybridized carbons (Fsp3) is 0.714. The first-order valence-corrected chi connectivity index (χ1v) is 6.90. The first-order chi connectivity index (χ1) is 8.50. The van der Waals surface area contributed by atoms with Gasteiger partial charge in [-0.2, -0.15) is 9.48 Å². The lowest BCUT2D eigenvalue weighted by molar-refractivity contribution is -1.14. The van der Waals surface area contributed by atoms with Crippen LogP contribution in [0.5, 0.6) is 0 Å². The summed E-state index contributed by atoms with van der Waals surface area (Å²) in [6.07, 6.45) is 5.53. The molecule has 4 nitrogen and oxygen atoms in total. The molecule has 2 aliphatic carbocycles. The molecule has 0 aromatic rings. The van der Waals surface area contributed by atoms with Crippen LogP contribution in [0.3, 0.4) is 0 Å². The molecule has 4 heteroatoms. The summed E-state index contributed by atoms with van der Waals surface area (Å²) in [4.78, 5) is 6.32. The number of allylic oxidation sites excluding steroid dienone is 2. The molecule has 0 amide bonds. The molecule has 0 aromatic heterocycles. The summed E-state index contributed by atoms with van der Waals surface area (Å²) in [6.45, 7) is 4.28. The van der Waals surface area contributed by atoms with E-state index < -0.39 is 5.79 Å². The zero-order chi connectivity index (χ0) is 12.5. The van der Waals surface area contributed by atoms with Gasteiger partial charge >= 0.3 is 0 Å².